The summed E-state index contributed by atoms with van der Waals surface area (Å²) in [5.41, 5.74) is 3.66. The van der Waals surface area contributed by atoms with Crippen LogP contribution in [0, 0.1) is 10.1 Å². The molecule has 5 nitrogen and oxygen atoms in total. The molecule has 0 aromatic heterocycles. The highest BCUT2D eigenvalue weighted by atomic mass is 32.2. The largest absolute Gasteiger partial charge is 0.318 e. The zero-order chi connectivity index (χ0) is 13.7. The standard InChI is InChI=1S/C13H13N3O2S/c14-15-12-8-10(6-7-13(12)16(17)18)9-19-11-4-2-1-3-5-11/h1-8,15H,9,14H2. The molecule has 0 saturated heterocycles. The van der Waals surface area contributed by atoms with Gasteiger partial charge < -0.3 is 5.43 Å². The van der Waals surface area contributed by atoms with E-state index in [2.05, 4.69) is 5.43 Å². The van der Waals surface area contributed by atoms with Crippen molar-refractivity contribution in [3.63, 3.8) is 0 Å². The topological polar surface area (TPSA) is 81.2 Å². The number of hydrogen-bond acceptors (Lipinski definition) is 5. The Morgan fingerprint density at radius 3 is 2.58 bits per heavy atom. The van der Waals surface area contributed by atoms with E-state index in [1.807, 2.05) is 30.3 Å². The molecule has 98 valence electrons. The van der Waals surface area contributed by atoms with E-state index in [1.54, 1.807) is 23.9 Å². The first-order valence-electron chi connectivity index (χ1n) is 5.62. The van der Waals surface area contributed by atoms with Gasteiger partial charge in [0.1, 0.15) is 5.69 Å². The van der Waals surface area contributed by atoms with Crippen molar-refractivity contribution in [3.8, 4) is 0 Å². The van der Waals surface area contributed by atoms with Gasteiger partial charge in [0.2, 0.25) is 0 Å². The molecule has 19 heavy (non-hydrogen) atoms. The minimum absolute atomic E-state index is 0.0176. The van der Waals surface area contributed by atoms with Gasteiger partial charge in [0.25, 0.3) is 5.69 Å². The van der Waals surface area contributed by atoms with Crippen molar-refractivity contribution in [1.82, 2.24) is 0 Å². The minimum Gasteiger partial charge on any atom is -0.318 e. The maximum atomic E-state index is 10.8. The number of anilines is 1. The van der Waals surface area contributed by atoms with Crippen LogP contribution in [0.5, 0.6) is 0 Å². The van der Waals surface area contributed by atoms with Crippen molar-refractivity contribution in [2.45, 2.75) is 10.6 Å². The van der Waals surface area contributed by atoms with Crippen molar-refractivity contribution in [3.05, 3.63) is 64.2 Å². The van der Waals surface area contributed by atoms with Crippen molar-refractivity contribution in [2.75, 3.05) is 5.43 Å². The summed E-state index contributed by atoms with van der Waals surface area (Å²) in [6.07, 6.45) is 0. The van der Waals surface area contributed by atoms with Gasteiger partial charge in [0.05, 0.1) is 4.92 Å². The second-order valence-electron chi connectivity index (χ2n) is 3.85. The Hall–Kier alpha value is -2.05. The molecule has 2 rings (SSSR count). The average Bonchev–Trinajstić information content (AvgIpc) is 2.45. The lowest BCUT2D eigenvalue weighted by molar-refractivity contribution is -0.384. The van der Waals surface area contributed by atoms with E-state index in [0.29, 0.717) is 5.69 Å². The number of nitro groups is 1. The average molecular weight is 275 g/mol. The fraction of sp³-hybridized carbons (Fsp3) is 0.0769. The van der Waals surface area contributed by atoms with Crippen LogP contribution in [0.15, 0.2) is 53.4 Å². The number of hydrogen-bond donors (Lipinski definition) is 2. The molecule has 0 aliphatic heterocycles. The first-order valence-corrected chi connectivity index (χ1v) is 6.61. The molecule has 0 bridgehead atoms. The van der Waals surface area contributed by atoms with E-state index in [1.165, 1.54) is 6.07 Å². The zero-order valence-electron chi connectivity index (χ0n) is 10.1. The van der Waals surface area contributed by atoms with Gasteiger partial charge in [-0.1, -0.05) is 24.3 Å². The maximum Gasteiger partial charge on any atom is 0.293 e. The molecule has 0 radical (unpaired) electrons. The number of nitro benzene ring substituents is 1. The van der Waals surface area contributed by atoms with Crippen LogP contribution in [0.25, 0.3) is 0 Å². The van der Waals surface area contributed by atoms with Gasteiger partial charge in [-0.3, -0.25) is 16.0 Å². The van der Waals surface area contributed by atoms with Crippen LogP contribution in [-0.2, 0) is 5.75 Å². The maximum absolute atomic E-state index is 10.8. The smallest absolute Gasteiger partial charge is 0.293 e. The molecule has 0 saturated carbocycles. The van der Waals surface area contributed by atoms with E-state index in [0.717, 1.165) is 16.2 Å². The van der Waals surface area contributed by atoms with Crippen LogP contribution in [-0.4, -0.2) is 4.92 Å². The fourth-order valence-electron chi connectivity index (χ4n) is 1.63. The molecule has 0 heterocycles. The molecule has 0 aliphatic carbocycles. The number of nitrogens with two attached hydrogens (primary N) is 1. The normalized spacial score (nSPS) is 10.2. The SMILES string of the molecule is NNc1cc(CSc2ccccc2)ccc1[N+](=O)[O-]. The van der Waals surface area contributed by atoms with Crippen molar-refractivity contribution < 1.29 is 4.92 Å². The molecule has 0 spiro atoms. The molecule has 0 aliphatic rings. The highest BCUT2D eigenvalue weighted by Crippen LogP contribution is 2.28. The molecule has 0 atom stereocenters. The summed E-state index contributed by atoms with van der Waals surface area (Å²) in [7, 11) is 0. The number of nitrogens with one attached hydrogen (secondary N) is 1. The lowest BCUT2D eigenvalue weighted by atomic mass is 10.2. The summed E-state index contributed by atoms with van der Waals surface area (Å²) < 4.78 is 0. The Labute approximate surface area is 114 Å². The van der Waals surface area contributed by atoms with Crippen molar-refractivity contribution in [1.29, 1.82) is 0 Å². The number of hydrazine groups is 1. The number of nitrogens with zero attached hydrogens (tertiary/aromatic N) is 1. The number of nitrogen functional groups attached to an aromatic ring is 1. The van der Waals surface area contributed by atoms with Gasteiger partial charge in [-0.05, 0) is 23.8 Å². The minimum atomic E-state index is -0.455. The van der Waals surface area contributed by atoms with Crippen LogP contribution in [0.4, 0.5) is 11.4 Å². The van der Waals surface area contributed by atoms with Crippen LogP contribution in [0.2, 0.25) is 0 Å². The molecular weight excluding hydrogens is 262 g/mol. The van der Waals surface area contributed by atoms with E-state index in [-0.39, 0.29) is 5.69 Å². The molecule has 0 fully saturated rings. The van der Waals surface area contributed by atoms with Crippen LogP contribution in [0.3, 0.4) is 0 Å². The van der Waals surface area contributed by atoms with Crippen molar-refractivity contribution >= 4 is 23.1 Å². The molecule has 6 heteroatoms. The lowest BCUT2D eigenvalue weighted by Crippen LogP contribution is -2.09. The van der Waals surface area contributed by atoms with E-state index < -0.39 is 4.92 Å². The Morgan fingerprint density at radius 1 is 1.21 bits per heavy atom. The van der Waals surface area contributed by atoms with Gasteiger partial charge >= 0.3 is 0 Å². The molecule has 2 aromatic carbocycles. The third kappa shape index (κ3) is 3.46. The third-order valence-electron chi connectivity index (χ3n) is 2.56. The lowest BCUT2D eigenvalue weighted by Gasteiger charge is -2.06. The first kappa shape index (κ1) is 13.4. The molecule has 0 amide bonds. The van der Waals surface area contributed by atoms with Gasteiger partial charge in [-0.25, -0.2) is 0 Å². The zero-order valence-corrected chi connectivity index (χ0v) is 10.9. The Morgan fingerprint density at radius 2 is 1.95 bits per heavy atom. The second kappa shape index (κ2) is 6.21. The van der Waals surface area contributed by atoms with E-state index in [4.69, 9.17) is 5.84 Å². The summed E-state index contributed by atoms with van der Waals surface area (Å²) in [5, 5.41) is 10.8. The predicted octanol–water partition coefficient (Wildman–Crippen LogP) is 3.17. The monoisotopic (exact) mass is 275 g/mol. The Bertz CT molecular complexity index is 575. The summed E-state index contributed by atoms with van der Waals surface area (Å²) in [5.74, 6) is 6.04. The number of rotatable bonds is 5. The fourth-order valence-corrected chi connectivity index (χ4v) is 2.49. The first-order chi connectivity index (χ1) is 9.20. The van der Waals surface area contributed by atoms with Crippen LogP contribution in [0.1, 0.15) is 5.56 Å². The highest BCUT2D eigenvalue weighted by molar-refractivity contribution is 7.98. The Kier molecular flexibility index (Phi) is 4.38. The number of benzene rings is 2. The predicted molar refractivity (Wildman–Crippen MR) is 76.9 cm³/mol. The third-order valence-corrected chi connectivity index (χ3v) is 3.65. The van der Waals surface area contributed by atoms with Crippen LogP contribution < -0.4 is 11.3 Å². The summed E-state index contributed by atoms with van der Waals surface area (Å²) in [6.45, 7) is 0. The molecule has 2 aromatic rings. The number of thioether (sulfide) groups is 1. The van der Waals surface area contributed by atoms with Gasteiger partial charge in [0, 0.05) is 16.7 Å². The van der Waals surface area contributed by atoms with Gasteiger partial charge in [-0.2, -0.15) is 0 Å². The molecule has 0 unspecified atom stereocenters. The van der Waals surface area contributed by atoms with E-state index >= 15 is 0 Å². The summed E-state index contributed by atoms with van der Waals surface area (Å²) in [4.78, 5) is 11.5. The second-order valence-corrected chi connectivity index (χ2v) is 4.90. The van der Waals surface area contributed by atoms with E-state index in [9.17, 15) is 10.1 Å². The highest BCUT2D eigenvalue weighted by Gasteiger charge is 2.13. The van der Waals surface area contributed by atoms with Crippen molar-refractivity contribution in [2.24, 2.45) is 5.84 Å². The summed E-state index contributed by atoms with van der Waals surface area (Å²) >= 11 is 1.67. The quantitative estimate of drug-likeness (QED) is 0.379. The molecular formula is C13H13N3O2S. The summed E-state index contributed by atoms with van der Waals surface area (Å²) in [6, 6.07) is 14.9. The Balaban J connectivity index is 2.11. The van der Waals surface area contributed by atoms with Gasteiger partial charge in [0.15, 0.2) is 0 Å². The van der Waals surface area contributed by atoms with Gasteiger partial charge in [-0.15, -0.1) is 11.8 Å². The van der Waals surface area contributed by atoms with Crippen LogP contribution >= 0.6 is 11.8 Å². The molecule has 3 N–H and O–H groups in total.